The first-order valence-corrected chi connectivity index (χ1v) is 8.12. The molecule has 1 aliphatic carbocycles. The lowest BCUT2D eigenvalue weighted by Crippen LogP contribution is -2.27. The molecule has 1 saturated carbocycles. The monoisotopic (exact) mass is 364 g/mol. The second-order valence-corrected chi connectivity index (χ2v) is 6.23. The molecule has 1 amide bonds. The fourth-order valence-electron chi connectivity index (χ4n) is 2.46. The molecular formula is C19H22ClFN2O2. The molecule has 3 N–H and O–H groups in total. The van der Waals surface area contributed by atoms with Gasteiger partial charge in [0.1, 0.15) is 0 Å². The summed E-state index contributed by atoms with van der Waals surface area (Å²) in [7, 11) is 0. The van der Waals surface area contributed by atoms with Crippen molar-refractivity contribution in [3.63, 3.8) is 0 Å². The van der Waals surface area contributed by atoms with Gasteiger partial charge in [-0.05, 0) is 55.5 Å². The summed E-state index contributed by atoms with van der Waals surface area (Å²) >= 11 is 0. The minimum absolute atomic E-state index is 0. The Bertz CT molecular complexity index is 750. The number of halogens is 2. The number of nitrogens with one attached hydrogen (secondary N) is 1. The maximum atomic E-state index is 14.1. The van der Waals surface area contributed by atoms with Crippen molar-refractivity contribution >= 4 is 24.0 Å². The molecule has 0 saturated heterocycles. The van der Waals surface area contributed by atoms with E-state index in [1.54, 1.807) is 43.3 Å². The second-order valence-electron chi connectivity index (χ2n) is 6.23. The van der Waals surface area contributed by atoms with Crippen molar-refractivity contribution in [3.05, 3.63) is 59.4 Å². The Labute approximate surface area is 153 Å². The molecule has 0 aliphatic heterocycles. The van der Waals surface area contributed by atoms with Crippen LogP contribution in [0.2, 0.25) is 0 Å². The average molecular weight is 365 g/mol. The van der Waals surface area contributed by atoms with Crippen LogP contribution in [0.1, 0.15) is 41.7 Å². The third-order valence-corrected chi connectivity index (χ3v) is 4.18. The number of hydrogen-bond donors (Lipinski definition) is 2. The number of anilines is 1. The number of nitrogen functional groups attached to an aromatic ring is 1. The van der Waals surface area contributed by atoms with E-state index in [-0.39, 0.29) is 30.1 Å². The molecule has 2 aromatic rings. The molecule has 2 aromatic carbocycles. The molecule has 4 nitrogen and oxygen atoms in total. The van der Waals surface area contributed by atoms with Crippen LogP contribution in [0.3, 0.4) is 0 Å². The van der Waals surface area contributed by atoms with E-state index in [1.165, 1.54) is 6.07 Å². The smallest absolute Gasteiger partial charge is 0.253 e. The zero-order valence-corrected chi connectivity index (χ0v) is 14.8. The Kier molecular flexibility index (Phi) is 6.26. The third kappa shape index (κ3) is 4.86. The standard InChI is InChI=1S/C19H21FN2O2.ClH/c1-12(22-19(23)15-4-2-3-5-17(15)21)14-8-9-18(16(20)10-14)24-11-13-6-7-13;/h2-5,8-10,12-13H,6-7,11,21H2,1H3,(H,22,23);1H. The molecule has 0 spiro atoms. The Morgan fingerprint density at radius 1 is 1.32 bits per heavy atom. The summed E-state index contributed by atoms with van der Waals surface area (Å²) in [6.45, 7) is 2.37. The SMILES string of the molecule is CC(NC(=O)c1ccccc1N)c1ccc(OCC2CC2)c(F)c1.Cl. The van der Waals surface area contributed by atoms with Gasteiger partial charge in [0.15, 0.2) is 11.6 Å². The van der Waals surface area contributed by atoms with Crippen molar-refractivity contribution < 1.29 is 13.9 Å². The summed E-state index contributed by atoms with van der Waals surface area (Å²) in [6, 6.07) is 11.3. The highest BCUT2D eigenvalue weighted by Crippen LogP contribution is 2.30. The summed E-state index contributed by atoms with van der Waals surface area (Å²) < 4.78 is 19.6. The number of benzene rings is 2. The zero-order valence-electron chi connectivity index (χ0n) is 14.0. The molecule has 3 rings (SSSR count). The molecule has 134 valence electrons. The second kappa shape index (κ2) is 8.21. The largest absolute Gasteiger partial charge is 0.490 e. The van der Waals surface area contributed by atoms with E-state index >= 15 is 0 Å². The Balaban J connectivity index is 0.00000225. The van der Waals surface area contributed by atoms with E-state index in [0.717, 1.165) is 12.8 Å². The number of hydrogen-bond acceptors (Lipinski definition) is 3. The van der Waals surface area contributed by atoms with Crippen LogP contribution in [-0.2, 0) is 0 Å². The molecule has 0 aromatic heterocycles. The summed E-state index contributed by atoms with van der Waals surface area (Å²) in [5.41, 5.74) is 7.31. The number of ether oxygens (including phenoxy) is 1. The predicted octanol–water partition coefficient (Wildman–Crippen LogP) is 4.11. The van der Waals surface area contributed by atoms with Gasteiger partial charge in [-0.3, -0.25) is 4.79 Å². The van der Waals surface area contributed by atoms with Gasteiger partial charge in [0.05, 0.1) is 18.2 Å². The molecule has 1 aliphatic rings. The molecule has 25 heavy (non-hydrogen) atoms. The number of para-hydroxylation sites is 1. The van der Waals surface area contributed by atoms with Crippen molar-refractivity contribution in [2.75, 3.05) is 12.3 Å². The lowest BCUT2D eigenvalue weighted by Gasteiger charge is -2.16. The van der Waals surface area contributed by atoms with Gasteiger partial charge in [-0.2, -0.15) is 0 Å². The molecule has 6 heteroatoms. The number of amides is 1. The van der Waals surface area contributed by atoms with E-state index < -0.39 is 5.82 Å². The number of carbonyl (C=O) groups excluding carboxylic acids is 1. The molecule has 1 fully saturated rings. The van der Waals surface area contributed by atoms with Gasteiger partial charge >= 0.3 is 0 Å². The maximum absolute atomic E-state index is 14.1. The Morgan fingerprint density at radius 3 is 2.68 bits per heavy atom. The van der Waals surface area contributed by atoms with E-state index in [4.69, 9.17) is 10.5 Å². The highest BCUT2D eigenvalue weighted by Gasteiger charge is 2.22. The van der Waals surface area contributed by atoms with Crippen LogP contribution >= 0.6 is 12.4 Å². The van der Waals surface area contributed by atoms with Crippen LogP contribution in [0.4, 0.5) is 10.1 Å². The van der Waals surface area contributed by atoms with Crippen molar-refractivity contribution in [2.24, 2.45) is 5.92 Å². The van der Waals surface area contributed by atoms with E-state index in [0.29, 0.717) is 29.3 Å². The fraction of sp³-hybridized carbons (Fsp3) is 0.316. The predicted molar refractivity (Wildman–Crippen MR) is 98.6 cm³/mol. The molecule has 0 heterocycles. The summed E-state index contributed by atoms with van der Waals surface area (Å²) in [4.78, 5) is 12.3. The molecule has 1 atom stereocenters. The first-order chi connectivity index (χ1) is 11.5. The van der Waals surface area contributed by atoms with Gasteiger partial charge in [-0.1, -0.05) is 18.2 Å². The molecule has 0 bridgehead atoms. The van der Waals surface area contributed by atoms with Crippen molar-refractivity contribution in [2.45, 2.75) is 25.8 Å². The summed E-state index contributed by atoms with van der Waals surface area (Å²) in [5, 5.41) is 2.83. The minimum atomic E-state index is -0.409. The van der Waals surface area contributed by atoms with Crippen molar-refractivity contribution in [1.29, 1.82) is 0 Å². The number of nitrogens with two attached hydrogens (primary N) is 1. The van der Waals surface area contributed by atoms with E-state index in [2.05, 4.69) is 5.32 Å². The topological polar surface area (TPSA) is 64.4 Å². The van der Waals surface area contributed by atoms with Gasteiger partial charge < -0.3 is 15.8 Å². The highest BCUT2D eigenvalue weighted by atomic mass is 35.5. The first-order valence-electron chi connectivity index (χ1n) is 8.12. The first kappa shape index (κ1) is 19.1. The van der Waals surface area contributed by atoms with Gasteiger partial charge in [0.2, 0.25) is 0 Å². The van der Waals surface area contributed by atoms with Crippen molar-refractivity contribution in [1.82, 2.24) is 5.32 Å². The van der Waals surface area contributed by atoms with Crippen LogP contribution in [0.5, 0.6) is 5.75 Å². The average Bonchev–Trinajstić information content (AvgIpc) is 3.38. The third-order valence-electron chi connectivity index (χ3n) is 4.18. The van der Waals surface area contributed by atoms with E-state index in [9.17, 15) is 9.18 Å². The molecular weight excluding hydrogens is 343 g/mol. The zero-order chi connectivity index (χ0) is 17.1. The quantitative estimate of drug-likeness (QED) is 0.758. The van der Waals surface area contributed by atoms with Gasteiger partial charge in [0.25, 0.3) is 5.91 Å². The molecule has 1 unspecified atom stereocenters. The molecule has 0 radical (unpaired) electrons. The van der Waals surface area contributed by atoms with E-state index in [1.807, 2.05) is 0 Å². The maximum Gasteiger partial charge on any atom is 0.253 e. The van der Waals surface area contributed by atoms with Crippen molar-refractivity contribution in [3.8, 4) is 5.75 Å². The van der Waals surface area contributed by atoms with Crippen LogP contribution in [0.15, 0.2) is 42.5 Å². The summed E-state index contributed by atoms with van der Waals surface area (Å²) in [5.74, 6) is 0.138. The summed E-state index contributed by atoms with van der Waals surface area (Å²) in [6.07, 6.45) is 2.32. The highest BCUT2D eigenvalue weighted by molar-refractivity contribution is 5.99. The van der Waals surface area contributed by atoms with Crippen LogP contribution in [0.25, 0.3) is 0 Å². The fourth-order valence-corrected chi connectivity index (χ4v) is 2.46. The number of rotatable bonds is 6. The van der Waals surface area contributed by atoms with Gasteiger partial charge in [-0.15, -0.1) is 12.4 Å². The van der Waals surface area contributed by atoms with Gasteiger partial charge in [0, 0.05) is 5.69 Å². The van der Waals surface area contributed by atoms with Crippen LogP contribution in [-0.4, -0.2) is 12.5 Å². The number of carbonyl (C=O) groups is 1. The van der Waals surface area contributed by atoms with Gasteiger partial charge in [-0.25, -0.2) is 4.39 Å². The lowest BCUT2D eigenvalue weighted by molar-refractivity contribution is 0.0940. The van der Waals surface area contributed by atoms with Crippen LogP contribution in [0, 0.1) is 11.7 Å². The lowest BCUT2D eigenvalue weighted by atomic mass is 10.1. The van der Waals surface area contributed by atoms with Crippen LogP contribution < -0.4 is 15.8 Å². The Morgan fingerprint density at radius 2 is 2.04 bits per heavy atom. The Hall–Kier alpha value is -2.27. The minimum Gasteiger partial charge on any atom is -0.490 e. The normalized spacial score (nSPS) is 14.3.